The summed E-state index contributed by atoms with van der Waals surface area (Å²) in [7, 11) is 4.12. The summed E-state index contributed by atoms with van der Waals surface area (Å²) < 4.78 is 0. The molecule has 0 atom stereocenters. The monoisotopic (exact) mass is 242 g/mol. The highest BCUT2D eigenvalue weighted by Gasteiger charge is 2.00. The van der Waals surface area contributed by atoms with Crippen LogP contribution in [0.4, 0.5) is 0 Å². The van der Waals surface area contributed by atoms with E-state index in [0.717, 1.165) is 19.6 Å². The molecule has 2 aromatic carbocycles. The number of nitrogens with zero attached hydrogens (tertiary/aromatic N) is 1. The van der Waals surface area contributed by atoms with E-state index >= 15 is 0 Å². The Morgan fingerprint density at radius 2 is 1.78 bits per heavy atom. The molecule has 18 heavy (non-hydrogen) atoms. The summed E-state index contributed by atoms with van der Waals surface area (Å²) in [6.07, 6.45) is 1.10. The van der Waals surface area contributed by atoms with Crippen molar-refractivity contribution in [3.8, 4) is 0 Å². The zero-order chi connectivity index (χ0) is 13.0. The molecular formula is C16H22N2. The molecule has 0 saturated carbocycles. The second kappa shape index (κ2) is 5.98. The lowest BCUT2D eigenvalue weighted by molar-refractivity contribution is 0.321. The Bertz CT molecular complexity index is 519. The number of nitrogens with one attached hydrogen (secondary N) is 1. The average molecular weight is 242 g/mol. The van der Waals surface area contributed by atoms with Gasteiger partial charge < -0.3 is 5.32 Å². The van der Waals surface area contributed by atoms with Crippen LogP contribution in [0.3, 0.4) is 0 Å². The lowest BCUT2D eigenvalue weighted by Gasteiger charge is -2.15. The number of likely N-dealkylation sites (N-methyl/N-ethyl adjacent to an activating group) is 1. The highest BCUT2D eigenvalue weighted by Crippen LogP contribution is 2.18. The number of hydrogen-bond acceptors (Lipinski definition) is 2. The van der Waals surface area contributed by atoms with Gasteiger partial charge in [-0.2, -0.15) is 0 Å². The molecule has 0 amide bonds. The van der Waals surface area contributed by atoms with Gasteiger partial charge in [-0.15, -0.1) is 0 Å². The third-order valence-corrected chi connectivity index (χ3v) is 3.27. The van der Waals surface area contributed by atoms with Crippen LogP contribution >= 0.6 is 0 Å². The van der Waals surface area contributed by atoms with E-state index in [1.165, 1.54) is 21.9 Å². The molecule has 0 bridgehead atoms. The first-order valence-electron chi connectivity index (χ1n) is 6.51. The highest BCUT2D eigenvalue weighted by molar-refractivity contribution is 5.83. The third kappa shape index (κ3) is 3.31. The molecule has 0 saturated heterocycles. The fraction of sp³-hybridized carbons (Fsp3) is 0.375. The van der Waals surface area contributed by atoms with Crippen LogP contribution in [0, 0.1) is 6.92 Å². The van der Waals surface area contributed by atoms with Crippen LogP contribution in [-0.2, 0) is 6.42 Å². The minimum Gasteiger partial charge on any atom is -0.307 e. The maximum absolute atomic E-state index is 3.17. The first-order chi connectivity index (χ1) is 8.69. The number of benzene rings is 2. The lowest BCUT2D eigenvalue weighted by atomic mass is 10.0. The standard InChI is InChI=1S/C16H22N2/c1-13-4-6-16-11-14(5-7-15(16)10-13)8-9-18(3)12-17-2/h4-7,10-11,17H,8-9,12H2,1-3H3. The summed E-state index contributed by atoms with van der Waals surface area (Å²) in [5.41, 5.74) is 2.73. The van der Waals surface area contributed by atoms with Crippen molar-refractivity contribution in [3.63, 3.8) is 0 Å². The molecule has 2 nitrogen and oxygen atoms in total. The lowest BCUT2D eigenvalue weighted by Crippen LogP contribution is -2.30. The van der Waals surface area contributed by atoms with Crippen LogP contribution in [0.15, 0.2) is 36.4 Å². The fourth-order valence-corrected chi connectivity index (χ4v) is 2.24. The minimum absolute atomic E-state index is 0.937. The molecule has 0 fully saturated rings. The van der Waals surface area contributed by atoms with Crippen LogP contribution in [0.5, 0.6) is 0 Å². The summed E-state index contributed by atoms with van der Waals surface area (Å²) in [5.74, 6) is 0. The van der Waals surface area contributed by atoms with Gasteiger partial charge in [-0.05, 0) is 43.8 Å². The maximum atomic E-state index is 3.17. The van der Waals surface area contributed by atoms with E-state index in [2.05, 4.69) is 60.6 Å². The van der Waals surface area contributed by atoms with Gasteiger partial charge in [0.1, 0.15) is 0 Å². The molecule has 0 aliphatic rings. The SMILES string of the molecule is CNCN(C)CCc1ccc2cc(C)ccc2c1. The first kappa shape index (κ1) is 13.1. The van der Waals surface area contributed by atoms with Crippen LogP contribution < -0.4 is 5.32 Å². The Morgan fingerprint density at radius 1 is 1.06 bits per heavy atom. The molecule has 0 spiro atoms. The molecule has 0 radical (unpaired) electrons. The number of hydrogen-bond donors (Lipinski definition) is 1. The van der Waals surface area contributed by atoms with Gasteiger partial charge in [0.15, 0.2) is 0 Å². The highest BCUT2D eigenvalue weighted by atomic mass is 15.2. The molecule has 0 heterocycles. The molecule has 2 rings (SSSR count). The fourth-order valence-electron chi connectivity index (χ4n) is 2.24. The van der Waals surface area contributed by atoms with Gasteiger partial charge in [-0.25, -0.2) is 0 Å². The van der Waals surface area contributed by atoms with Gasteiger partial charge in [0, 0.05) is 13.2 Å². The largest absolute Gasteiger partial charge is 0.307 e. The maximum Gasteiger partial charge on any atom is 0.0475 e. The zero-order valence-electron chi connectivity index (χ0n) is 11.5. The first-order valence-corrected chi connectivity index (χ1v) is 6.51. The zero-order valence-corrected chi connectivity index (χ0v) is 11.5. The van der Waals surface area contributed by atoms with Crippen molar-refractivity contribution >= 4 is 10.8 Å². The molecule has 0 aliphatic heterocycles. The van der Waals surface area contributed by atoms with Gasteiger partial charge >= 0.3 is 0 Å². The normalized spacial score (nSPS) is 11.3. The van der Waals surface area contributed by atoms with Crippen molar-refractivity contribution in [2.24, 2.45) is 0 Å². The molecule has 0 aliphatic carbocycles. The number of fused-ring (bicyclic) bond motifs is 1. The molecule has 1 N–H and O–H groups in total. The van der Waals surface area contributed by atoms with Gasteiger partial charge in [0.05, 0.1) is 0 Å². The molecule has 0 aromatic heterocycles. The van der Waals surface area contributed by atoms with Crippen molar-refractivity contribution in [1.82, 2.24) is 10.2 Å². The molecule has 2 heteroatoms. The van der Waals surface area contributed by atoms with Crippen molar-refractivity contribution in [2.45, 2.75) is 13.3 Å². The van der Waals surface area contributed by atoms with Crippen LogP contribution in [0.25, 0.3) is 10.8 Å². The summed E-state index contributed by atoms with van der Waals surface area (Å²) >= 11 is 0. The Morgan fingerprint density at radius 3 is 2.56 bits per heavy atom. The summed E-state index contributed by atoms with van der Waals surface area (Å²) in [4.78, 5) is 2.29. The van der Waals surface area contributed by atoms with Gasteiger partial charge in [-0.1, -0.05) is 42.0 Å². The Balaban J connectivity index is 2.08. The molecular weight excluding hydrogens is 220 g/mol. The van der Waals surface area contributed by atoms with E-state index < -0.39 is 0 Å². The van der Waals surface area contributed by atoms with E-state index in [0.29, 0.717) is 0 Å². The minimum atomic E-state index is 0.937. The van der Waals surface area contributed by atoms with Crippen molar-refractivity contribution in [3.05, 3.63) is 47.5 Å². The predicted octanol–water partition coefficient (Wildman–Crippen LogP) is 2.80. The molecule has 2 aromatic rings. The van der Waals surface area contributed by atoms with Gasteiger partial charge in [0.2, 0.25) is 0 Å². The predicted molar refractivity (Wildman–Crippen MR) is 78.9 cm³/mol. The average Bonchev–Trinajstić information content (AvgIpc) is 2.36. The van der Waals surface area contributed by atoms with Gasteiger partial charge in [0.25, 0.3) is 0 Å². The Hall–Kier alpha value is -1.38. The summed E-state index contributed by atoms with van der Waals surface area (Å²) in [6, 6.07) is 13.4. The smallest absolute Gasteiger partial charge is 0.0475 e. The number of aryl methyl sites for hydroxylation is 1. The van der Waals surface area contributed by atoms with Gasteiger partial charge in [-0.3, -0.25) is 4.90 Å². The number of rotatable bonds is 5. The van der Waals surface area contributed by atoms with E-state index in [1.54, 1.807) is 0 Å². The van der Waals surface area contributed by atoms with Crippen LogP contribution in [0.2, 0.25) is 0 Å². The van der Waals surface area contributed by atoms with Crippen LogP contribution in [0.1, 0.15) is 11.1 Å². The quantitative estimate of drug-likeness (QED) is 0.811. The van der Waals surface area contributed by atoms with E-state index in [4.69, 9.17) is 0 Å². The second-order valence-corrected chi connectivity index (χ2v) is 5.03. The Kier molecular flexibility index (Phi) is 4.34. The summed E-state index contributed by atoms with van der Waals surface area (Å²) in [6.45, 7) is 4.16. The van der Waals surface area contributed by atoms with E-state index in [-0.39, 0.29) is 0 Å². The molecule has 96 valence electrons. The topological polar surface area (TPSA) is 15.3 Å². The van der Waals surface area contributed by atoms with Crippen LogP contribution in [-0.4, -0.2) is 32.2 Å². The van der Waals surface area contributed by atoms with Crippen molar-refractivity contribution < 1.29 is 0 Å². The summed E-state index contributed by atoms with van der Waals surface area (Å²) in [5, 5.41) is 5.84. The van der Waals surface area contributed by atoms with E-state index in [1.807, 2.05) is 7.05 Å². The third-order valence-electron chi connectivity index (χ3n) is 3.27. The van der Waals surface area contributed by atoms with Crippen molar-refractivity contribution in [1.29, 1.82) is 0 Å². The van der Waals surface area contributed by atoms with E-state index in [9.17, 15) is 0 Å². The van der Waals surface area contributed by atoms with Crippen molar-refractivity contribution in [2.75, 3.05) is 27.3 Å². The second-order valence-electron chi connectivity index (χ2n) is 5.03. The Labute approximate surface area is 110 Å². The molecule has 0 unspecified atom stereocenters.